The van der Waals surface area contributed by atoms with Gasteiger partial charge in [-0.1, -0.05) is 12.1 Å². The zero-order valence-corrected chi connectivity index (χ0v) is 11.9. The third-order valence-electron chi connectivity index (χ3n) is 4.01. The molecule has 0 radical (unpaired) electrons. The molecule has 1 aromatic carbocycles. The molecule has 1 aromatic rings. The number of nitrogens with zero attached hydrogens (tertiary/aromatic N) is 1. The average Bonchev–Trinajstić information content (AvgIpc) is 2.92. The van der Waals surface area contributed by atoms with Gasteiger partial charge in [-0.15, -0.1) is 0 Å². The predicted molar refractivity (Wildman–Crippen MR) is 76.7 cm³/mol. The first-order valence-electron chi connectivity index (χ1n) is 7.12. The lowest BCUT2D eigenvalue weighted by molar-refractivity contribution is -0.214. The van der Waals surface area contributed by atoms with Gasteiger partial charge in [-0.25, -0.2) is 0 Å². The zero-order valence-electron chi connectivity index (χ0n) is 11.9. The van der Waals surface area contributed by atoms with Crippen LogP contribution in [0.15, 0.2) is 29.3 Å². The van der Waals surface area contributed by atoms with Crippen molar-refractivity contribution in [3.63, 3.8) is 0 Å². The Bertz CT molecular complexity index is 589. The minimum absolute atomic E-state index is 0.212. The second-order valence-electron chi connectivity index (χ2n) is 6.03. The fraction of sp³-hybridized carbons (Fsp3) is 0.533. The maximum atomic E-state index is 10.5. The van der Waals surface area contributed by atoms with Gasteiger partial charge in [0.05, 0.1) is 17.4 Å². The number of aliphatic hydroxyl groups excluding tert-OH is 1. The molecule has 0 bridgehead atoms. The van der Waals surface area contributed by atoms with Gasteiger partial charge in [0.15, 0.2) is 12.1 Å². The standard InChI is InChI=1S/C15H18N2O4/c1-15(2)20-13-11(18)12(19-14(13)21-15)10-7-16-8-5-3-4-6-9(8)17-10/h3-7,10-14,17-18H,1-2H3/t10-,11-,12+,13+,14+/m0/s1. The Balaban J connectivity index is 1.53. The first-order chi connectivity index (χ1) is 10.0. The average molecular weight is 290 g/mol. The Kier molecular flexibility index (Phi) is 2.84. The van der Waals surface area contributed by atoms with Gasteiger partial charge in [0.1, 0.15) is 18.3 Å². The van der Waals surface area contributed by atoms with Gasteiger partial charge in [0, 0.05) is 6.21 Å². The minimum atomic E-state index is -0.758. The van der Waals surface area contributed by atoms with Crippen LogP contribution in [0, 0.1) is 0 Å². The van der Waals surface area contributed by atoms with Crippen molar-refractivity contribution >= 4 is 17.6 Å². The number of para-hydroxylation sites is 2. The van der Waals surface area contributed by atoms with Crippen LogP contribution in [0.3, 0.4) is 0 Å². The predicted octanol–water partition coefficient (Wildman–Crippen LogP) is 1.42. The fourth-order valence-electron chi connectivity index (χ4n) is 3.07. The maximum Gasteiger partial charge on any atom is 0.190 e. The Hall–Kier alpha value is -1.47. The molecule has 2 N–H and O–H groups in total. The Labute approximate surface area is 122 Å². The van der Waals surface area contributed by atoms with Crippen molar-refractivity contribution in [1.82, 2.24) is 0 Å². The number of hydrogen-bond donors (Lipinski definition) is 2. The lowest BCUT2D eigenvalue weighted by atomic mass is 10.0. The van der Waals surface area contributed by atoms with Crippen LogP contribution in [0.1, 0.15) is 13.8 Å². The van der Waals surface area contributed by atoms with E-state index in [4.69, 9.17) is 14.2 Å². The van der Waals surface area contributed by atoms with E-state index in [9.17, 15) is 5.11 Å². The van der Waals surface area contributed by atoms with E-state index in [0.717, 1.165) is 11.4 Å². The number of benzene rings is 1. The van der Waals surface area contributed by atoms with Crippen molar-refractivity contribution in [3.05, 3.63) is 24.3 Å². The molecule has 2 saturated heterocycles. The van der Waals surface area contributed by atoms with Crippen molar-refractivity contribution in [3.8, 4) is 0 Å². The Morgan fingerprint density at radius 1 is 1.19 bits per heavy atom. The minimum Gasteiger partial charge on any atom is -0.387 e. The van der Waals surface area contributed by atoms with Crippen LogP contribution >= 0.6 is 0 Å². The molecule has 3 aliphatic rings. The number of aliphatic hydroxyl groups is 1. The van der Waals surface area contributed by atoms with Crippen LogP contribution in [0.2, 0.25) is 0 Å². The van der Waals surface area contributed by atoms with Gasteiger partial charge in [-0.05, 0) is 26.0 Å². The van der Waals surface area contributed by atoms with E-state index < -0.39 is 30.4 Å². The molecule has 0 spiro atoms. The molecule has 0 unspecified atom stereocenters. The third kappa shape index (κ3) is 2.15. The summed E-state index contributed by atoms with van der Waals surface area (Å²) < 4.78 is 17.2. The molecule has 3 aliphatic heterocycles. The van der Waals surface area contributed by atoms with Crippen LogP contribution in [0.5, 0.6) is 0 Å². The van der Waals surface area contributed by atoms with E-state index in [1.165, 1.54) is 0 Å². The first-order valence-corrected chi connectivity index (χ1v) is 7.12. The summed E-state index contributed by atoms with van der Waals surface area (Å²) in [5.41, 5.74) is 1.81. The monoisotopic (exact) mass is 290 g/mol. The molecule has 0 saturated carbocycles. The SMILES string of the molecule is CC1(C)O[C@H]2O[C@H]([C@@H]3C=Nc4ccccc4N3)[C@H](O)[C@H]2O1. The second kappa shape index (κ2) is 4.51. The van der Waals surface area contributed by atoms with E-state index in [-0.39, 0.29) is 6.04 Å². The van der Waals surface area contributed by atoms with E-state index >= 15 is 0 Å². The summed E-state index contributed by atoms with van der Waals surface area (Å²) in [6.07, 6.45) is -0.438. The van der Waals surface area contributed by atoms with Gasteiger partial charge in [0.2, 0.25) is 0 Å². The highest BCUT2D eigenvalue weighted by atomic mass is 16.8. The molecular weight excluding hydrogens is 272 g/mol. The summed E-state index contributed by atoms with van der Waals surface area (Å²) >= 11 is 0. The second-order valence-corrected chi connectivity index (χ2v) is 6.03. The molecule has 2 fully saturated rings. The highest BCUT2D eigenvalue weighted by molar-refractivity contribution is 5.83. The fourth-order valence-corrected chi connectivity index (χ4v) is 3.07. The largest absolute Gasteiger partial charge is 0.387 e. The van der Waals surface area contributed by atoms with Crippen molar-refractivity contribution in [2.45, 2.75) is 50.3 Å². The van der Waals surface area contributed by atoms with E-state index in [2.05, 4.69) is 10.3 Å². The molecule has 6 nitrogen and oxygen atoms in total. The third-order valence-corrected chi connectivity index (χ3v) is 4.01. The van der Waals surface area contributed by atoms with Crippen LogP contribution in [-0.4, -0.2) is 47.8 Å². The zero-order chi connectivity index (χ0) is 14.6. The number of nitrogens with one attached hydrogen (secondary N) is 1. The van der Waals surface area contributed by atoms with Crippen LogP contribution < -0.4 is 5.32 Å². The maximum absolute atomic E-state index is 10.5. The highest BCUT2D eigenvalue weighted by Gasteiger charge is 2.56. The molecule has 0 amide bonds. The van der Waals surface area contributed by atoms with Gasteiger partial charge in [-0.3, -0.25) is 4.99 Å². The molecule has 112 valence electrons. The summed E-state index contributed by atoms with van der Waals surface area (Å²) in [6, 6.07) is 7.56. The van der Waals surface area contributed by atoms with Crippen molar-refractivity contribution < 1.29 is 19.3 Å². The molecule has 21 heavy (non-hydrogen) atoms. The normalized spacial score (nSPS) is 39.7. The number of aliphatic imine (C=N–C) groups is 1. The number of hydrogen-bond acceptors (Lipinski definition) is 6. The molecule has 5 atom stereocenters. The lowest BCUT2D eigenvalue weighted by Crippen LogP contribution is -2.45. The van der Waals surface area contributed by atoms with E-state index in [1.807, 2.05) is 38.1 Å². The summed E-state index contributed by atoms with van der Waals surface area (Å²) in [5, 5.41) is 13.8. The van der Waals surface area contributed by atoms with Crippen molar-refractivity contribution in [2.24, 2.45) is 4.99 Å². The summed E-state index contributed by atoms with van der Waals surface area (Å²) in [5.74, 6) is -0.720. The molecule has 6 heteroatoms. The van der Waals surface area contributed by atoms with Crippen LogP contribution in [0.25, 0.3) is 0 Å². The summed E-state index contributed by atoms with van der Waals surface area (Å²) in [4.78, 5) is 4.42. The Morgan fingerprint density at radius 2 is 2.00 bits per heavy atom. The number of ether oxygens (including phenoxy) is 3. The lowest BCUT2D eigenvalue weighted by Gasteiger charge is -2.29. The van der Waals surface area contributed by atoms with Crippen LogP contribution in [0.4, 0.5) is 11.4 Å². The number of fused-ring (bicyclic) bond motifs is 2. The molecular formula is C15H18N2O4. The quantitative estimate of drug-likeness (QED) is 0.818. The summed E-state index contributed by atoms with van der Waals surface area (Å²) in [7, 11) is 0. The first kappa shape index (κ1) is 13.2. The number of rotatable bonds is 1. The van der Waals surface area contributed by atoms with Gasteiger partial charge < -0.3 is 24.6 Å². The topological polar surface area (TPSA) is 72.3 Å². The number of anilines is 1. The van der Waals surface area contributed by atoms with Gasteiger partial charge in [-0.2, -0.15) is 0 Å². The summed E-state index contributed by atoms with van der Waals surface area (Å²) in [6.45, 7) is 3.62. The van der Waals surface area contributed by atoms with Gasteiger partial charge >= 0.3 is 0 Å². The molecule has 0 aliphatic carbocycles. The van der Waals surface area contributed by atoms with E-state index in [0.29, 0.717) is 0 Å². The van der Waals surface area contributed by atoms with Gasteiger partial charge in [0.25, 0.3) is 0 Å². The molecule has 3 heterocycles. The van der Waals surface area contributed by atoms with E-state index in [1.54, 1.807) is 6.21 Å². The van der Waals surface area contributed by atoms with Crippen LogP contribution in [-0.2, 0) is 14.2 Å². The highest BCUT2D eigenvalue weighted by Crippen LogP contribution is 2.39. The van der Waals surface area contributed by atoms with Crippen molar-refractivity contribution in [1.29, 1.82) is 0 Å². The molecule has 4 rings (SSSR count). The van der Waals surface area contributed by atoms with Crippen molar-refractivity contribution in [2.75, 3.05) is 5.32 Å². The Morgan fingerprint density at radius 3 is 2.81 bits per heavy atom. The molecule has 0 aromatic heterocycles. The smallest absolute Gasteiger partial charge is 0.190 e.